The molecule has 0 saturated carbocycles. The van der Waals surface area contributed by atoms with Crippen LogP contribution in [-0.4, -0.2) is 117 Å². The van der Waals surface area contributed by atoms with Crippen molar-refractivity contribution >= 4 is 41.4 Å². The topological polar surface area (TPSA) is 303 Å². The summed E-state index contributed by atoms with van der Waals surface area (Å²) in [4.78, 5) is 95.0. The second-order valence-electron chi connectivity index (χ2n) is 14.9. The number of carbonyl (C=O) groups is 7. The van der Waals surface area contributed by atoms with Gasteiger partial charge in [0.05, 0.1) is 0 Å². The van der Waals surface area contributed by atoms with Crippen LogP contribution in [0, 0.1) is 13.8 Å². The third-order valence-electron chi connectivity index (χ3n) is 9.97. The van der Waals surface area contributed by atoms with Gasteiger partial charge in [0.15, 0.2) is 6.61 Å². The molecule has 3 aromatic rings. The first-order valence-electron chi connectivity index (χ1n) is 20.1. The third-order valence-corrected chi connectivity index (χ3v) is 9.97. The molecule has 3 aromatic carbocycles. The van der Waals surface area contributed by atoms with Crippen molar-refractivity contribution in [3.63, 3.8) is 0 Å². The quantitative estimate of drug-likeness (QED) is 0.0786. The standard InChI is InChI=1S/C43H57N9O10/c1-23-6-9-29(24(2)18-23)39(55)50-32(12-13-44)42(58)52(5)37-28-8-11-35(61-17-15-46)31(21-28)30-19-27(7-10-34(30)60-16-14-45)20-33(51-38(54)25(3)48-41(37)57)40(56)49-26(4)43(59)62-22-36(47)53/h6-11,18-19,21,25-26,32-33,37H,12-17,20,22,44-46H2,1-5H3,(H2,47,53)(H,48,57)(H,49,56)(H,50,55)(H,51,54)/t25-,26-,32?,33-,37-/m0/s1. The number of aryl methyl sites for hydroxylation is 2. The number of benzene rings is 3. The lowest BCUT2D eigenvalue weighted by molar-refractivity contribution is -0.150. The molecule has 334 valence electrons. The molecule has 1 aliphatic heterocycles. The van der Waals surface area contributed by atoms with Gasteiger partial charge in [-0.3, -0.25) is 28.8 Å². The molecule has 0 spiro atoms. The molecular formula is C43H57N9O10. The molecule has 62 heavy (non-hydrogen) atoms. The molecule has 1 unspecified atom stereocenters. The summed E-state index contributed by atoms with van der Waals surface area (Å²) >= 11 is 0. The Morgan fingerprint density at radius 3 is 2.10 bits per heavy atom. The van der Waals surface area contributed by atoms with Gasteiger partial charge in [-0.05, 0) is 87.7 Å². The molecule has 12 N–H and O–H groups in total. The van der Waals surface area contributed by atoms with Gasteiger partial charge >= 0.3 is 5.97 Å². The summed E-state index contributed by atoms with van der Waals surface area (Å²) in [6, 6.07) is 8.81. The Hall–Kier alpha value is -6.57. The summed E-state index contributed by atoms with van der Waals surface area (Å²) in [6.45, 7) is 6.29. The van der Waals surface area contributed by atoms with Crippen LogP contribution in [0.15, 0.2) is 54.6 Å². The number of hydrogen-bond acceptors (Lipinski definition) is 13. The average molecular weight is 860 g/mol. The maximum atomic E-state index is 14.5. The number of ether oxygens (including phenoxy) is 3. The van der Waals surface area contributed by atoms with Crippen LogP contribution in [-0.2, 0) is 39.9 Å². The number of esters is 1. The Morgan fingerprint density at radius 1 is 0.839 bits per heavy atom. The van der Waals surface area contributed by atoms with E-state index in [2.05, 4.69) is 21.3 Å². The number of nitrogens with one attached hydrogen (secondary N) is 4. The van der Waals surface area contributed by atoms with Crippen molar-refractivity contribution in [1.82, 2.24) is 26.2 Å². The Labute approximate surface area is 359 Å². The average Bonchev–Trinajstić information content (AvgIpc) is 3.23. The van der Waals surface area contributed by atoms with Crippen molar-refractivity contribution in [2.75, 3.05) is 46.5 Å². The zero-order valence-electron chi connectivity index (χ0n) is 35.6. The number of primary amides is 1. The number of rotatable bonds is 17. The normalized spacial score (nSPS) is 17.2. The van der Waals surface area contributed by atoms with E-state index < -0.39 is 78.2 Å². The second-order valence-corrected chi connectivity index (χ2v) is 14.9. The third kappa shape index (κ3) is 12.5. The molecule has 0 saturated heterocycles. The minimum absolute atomic E-state index is 0.0206. The number of nitrogens with zero attached hydrogens (tertiary/aromatic N) is 1. The monoisotopic (exact) mass is 859 g/mol. The predicted octanol–water partition coefficient (Wildman–Crippen LogP) is -0.629. The number of hydrogen-bond donors (Lipinski definition) is 8. The van der Waals surface area contributed by atoms with Crippen molar-refractivity contribution < 1.29 is 47.8 Å². The zero-order chi connectivity index (χ0) is 45.7. The summed E-state index contributed by atoms with van der Waals surface area (Å²) in [5.41, 5.74) is 26.4. The molecular weight excluding hydrogens is 803 g/mol. The van der Waals surface area contributed by atoms with Gasteiger partial charge in [0, 0.05) is 43.2 Å². The molecule has 0 aromatic heterocycles. The molecule has 6 amide bonds. The fraction of sp³-hybridized carbons (Fsp3) is 0.419. The minimum atomic E-state index is -1.41. The summed E-state index contributed by atoms with van der Waals surface area (Å²) in [6.07, 6.45) is -0.0793. The van der Waals surface area contributed by atoms with Crippen LogP contribution in [0.2, 0.25) is 0 Å². The van der Waals surface area contributed by atoms with E-state index in [0.717, 1.165) is 5.56 Å². The van der Waals surface area contributed by atoms with Crippen molar-refractivity contribution in [2.24, 2.45) is 22.9 Å². The van der Waals surface area contributed by atoms with Crippen LogP contribution in [0.25, 0.3) is 11.1 Å². The van der Waals surface area contributed by atoms with Crippen molar-refractivity contribution in [3.05, 3.63) is 82.4 Å². The van der Waals surface area contributed by atoms with E-state index in [4.69, 9.17) is 37.1 Å². The van der Waals surface area contributed by atoms with Gasteiger partial charge in [-0.25, -0.2) is 4.79 Å². The van der Waals surface area contributed by atoms with Crippen LogP contribution < -0.4 is 53.7 Å². The van der Waals surface area contributed by atoms with E-state index in [1.807, 2.05) is 13.0 Å². The maximum absolute atomic E-state index is 14.5. The van der Waals surface area contributed by atoms with Gasteiger partial charge in [-0.15, -0.1) is 0 Å². The number of fused-ring (bicyclic) bond motifs is 5. The van der Waals surface area contributed by atoms with Crippen molar-refractivity contribution in [1.29, 1.82) is 0 Å². The Bertz CT molecular complexity index is 2150. The molecule has 1 aliphatic rings. The number of nitrogens with two attached hydrogens (primary N) is 4. The first-order chi connectivity index (χ1) is 29.5. The van der Waals surface area contributed by atoms with Crippen LogP contribution >= 0.6 is 0 Å². The highest BCUT2D eigenvalue weighted by molar-refractivity contribution is 6.00. The van der Waals surface area contributed by atoms with Crippen molar-refractivity contribution in [2.45, 2.75) is 70.7 Å². The number of amides is 6. The summed E-state index contributed by atoms with van der Waals surface area (Å²) in [5.74, 6) is -4.64. The van der Waals surface area contributed by atoms with E-state index in [1.54, 1.807) is 55.5 Å². The fourth-order valence-electron chi connectivity index (χ4n) is 6.82. The molecule has 19 nitrogen and oxygen atoms in total. The SMILES string of the molecule is Cc1ccc(C(=O)NC(CCN)C(=O)N(C)[C@@H]2C(=O)N[C@@H](C)C(=O)N[C@H](C(=O)N[C@@H](C)C(=O)OCC(N)=O)Cc3ccc(OCCN)c(c3)-c3cc2ccc3OCCN)c(C)c1. The second kappa shape index (κ2) is 22.3. The highest BCUT2D eigenvalue weighted by Gasteiger charge is 2.36. The molecule has 4 rings (SSSR count). The van der Waals surface area contributed by atoms with E-state index in [0.29, 0.717) is 44.9 Å². The van der Waals surface area contributed by atoms with Gasteiger partial charge in [-0.2, -0.15) is 0 Å². The highest BCUT2D eigenvalue weighted by Crippen LogP contribution is 2.40. The molecule has 4 bridgehead atoms. The van der Waals surface area contributed by atoms with Crippen LogP contribution in [0.3, 0.4) is 0 Å². The van der Waals surface area contributed by atoms with Gasteiger partial charge in [0.1, 0.15) is 54.9 Å². The van der Waals surface area contributed by atoms with E-state index in [9.17, 15) is 33.6 Å². The predicted molar refractivity (Wildman–Crippen MR) is 228 cm³/mol. The van der Waals surface area contributed by atoms with Crippen LogP contribution in [0.4, 0.5) is 0 Å². The van der Waals surface area contributed by atoms with Crippen molar-refractivity contribution in [3.8, 4) is 22.6 Å². The molecule has 0 aliphatic carbocycles. The Morgan fingerprint density at radius 2 is 1.48 bits per heavy atom. The first kappa shape index (κ1) is 48.1. The lowest BCUT2D eigenvalue weighted by Gasteiger charge is -2.32. The van der Waals surface area contributed by atoms with Crippen LogP contribution in [0.5, 0.6) is 11.5 Å². The van der Waals surface area contributed by atoms with Gasteiger partial charge in [0.25, 0.3) is 11.8 Å². The number of carbonyl (C=O) groups excluding carboxylic acids is 7. The molecule has 5 atom stereocenters. The van der Waals surface area contributed by atoms with Crippen LogP contribution in [0.1, 0.15) is 58.9 Å². The lowest BCUT2D eigenvalue weighted by Crippen LogP contribution is -2.57. The number of likely N-dealkylation sites (N-methyl/N-ethyl adjacent to an activating group) is 1. The summed E-state index contributed by atoms with van der Waals surface area (Å²) in [5, 5.41) is 10.6. The molecule has 1 heterocycles. The molecule has 0 radical (unpaired) electrons. The highest BCUT2D eigenvalue weighted by atomic mass is 16.5. The Balaban J connectivity index is 1.85. The van der Waals surface area contributed by atoms with Gasteiger partial charge < -0.3 is 63.3 Å². The van der Waals surface area contributed by atoms with Gasteiger partial charge in [-0.1, -0.05) is 29.8 Å². The summed E-state index contributed by atoms with van der Waals surface area (Å²) < 4.78 is 17.0. The first-order valence-corrected chi connectivity index (χ1v) is 20.1. The minimum Gasteiger partial charge on any atom is -0.492 e. The molecule has 0 fully saturated rings. The van der Waals surface area contributed by atoms with Gasteiger partial charge in [0.2, 0.25) is 23.6 Å². The van der Waals surface area contributed by atoms with E-state index >= 15 is 0 Å². The smallest absolute Gasteiger partial charge is 0.328 e. The largest absolute Gasteiger partial charge is 0.492 e. The van der Waals surface area contributed by atoms with E-state index in [-0.39, 0.29) is 45.7 Å². The lowest BCUT2D eigenvalue weighted by atomic mass is 9.93. The van der Waals surface area contributed by atoms with E-state index in [1.165, 1.54) is 25.8 Å². The summed E-state index contributed by atoms with van der Waals surface area (Å²) in [7, 11) is 1.40. The zero-order valence-corrected chi connectivity index (χ0v) is 35.6. The molecule has 19 heteroatoms. The maximum Gasteiger partial charge on any atom is 0.328 e. The fourth-order valence-corrected chi connectivity index (χ4v) is 6.82. The Kier molecular flexibility index (Phi) is 17.3.